The Kier molecular flexibility index (Phi) is 3.88. The molecule has 0 N–H and O–H groups in total. The fourth-order valence-corrected chi connectivity index (χ4v) is 2.43. The Morgan fingerprint density at radius 2 is 2.00 bits per heavy atom. The molecule has 1 saturated heterocycles. The maximum Gasteiger partial charge on any atom is 0.255 e. The molecule has 0 unspecified atom stereocenters. The Morgan fingerprint density at radius 3 is 2.56 bits per heavy atom. The monoisotopic (exact) mass is 271 g/mol. The number of amides is 1. The molecule has 0 aromatic heterocycles. The number of hydrogen-bond acceptors (Lipinski definition) is 2. The van der Waals surface area contributed by atoms with Crippen LogP contribution in [-0.4, -0.2) is 36.1 Å². The van der Waals surface area contributed by atoms with Crippen molar-refractivity contribution in [1.29, 1.82) is 0 Å². The molecule has 98 valence electrons. The van der Waals surface area contributed by atoms with E-state index in [0.29, 0.717) is 18.7 Å². The lowest BCUT2D eigenvalue weighted by atomic mass is 10.1. The van der Waals surface area contributed by atoms with Crippen LogP contribution < -0.4 is 0 Å². The van der Waals surface area contributed by atoms with Crippen LogP contribution in [0.1, 0.15) is 24.2 Å². The third kappa shape index (κ3) is 2.82. The van der Waals surface area contributed by atoms with Gasteiger partial charge in [0.1, 0.15) is 5.82 Å². The third-order valence-corrected chi connectivity index (χ3v) is 3.18. The minimum atomic E-state index is -0.444. The van der Waals surface area contributed by atoms with Crippen molar-refractivity contribution in [2.45, 2.75) is 26.1 Å². The second-order valence-corrected chi connectivity index (χ2v) is 5.00. The highest BCUT2D eigenvalue weighted by Crippen LogP contribution is 2.21. The highest BCUT2D eigenvalue weighted by Gasteiger charge is 2.27. The molecule has 0 radical (unpaired) electrons. The molecule has 3 nitrogen and oxygen atoms in total. The van der Waals surface area contributed by atoms with Crippen LogP contribution in [0.4, 0.5) is 4.39 Å². The highest BCUT2D eigenvalue weighted by molar-refractivity contribution is 6.33. The molecule has 1 aliphatic heterocycles. The zero-order chi connectivity index (χ0) is 13.3. The molecule has 0 spiro atoms. The van der Waals surface area contributed by atoms with Gasteiger partial charge < -0.3 is 9.64 Å². The van der Waals surface area contributed by atoms with E-state index in [2.05, 4.69) is 0 Å². The van der Waals surface area contributed by atoms with Crippen LogP contribution in [0, 0.1) is 5.82 Å². The highest BCUT2D eigenvalue weighted by atomic mass is 35.5. The van der Waals surface area contributed by atoms with Gasteiger partial charge in [-0.2, -0.15) is 0 Å². The molecule has 0 bridgehead atoms. The van der Waals surface area contributed by atoms with Crippen molar-refractivity contribution in [2.24, 2.45) is 0 Å². The lowest BCUT2D eigenvalue weighted by Gasteiger charge is -2.35. The van der Waals surface area contributed by atoms with Crippen LogP contribution in [0.25, 0.3) is 0 Å². The van der Waals surface area contributed by atoms with Crippen molar-refractivity contribution in [3.8, 4) is 0 Å². The fourth-order valence-electron chi connectivity index (χ4n) is 2.18. The summed E-state index contributed by atoms with van der Waals surface area (Å²) in [5.41, 5.74) is 0.333. The quantitative estimate of drug-likeness (QED) is 0.786. The van der Waals surface area contributed by atoms with Gasteiger partial charge in [-0.15, -0.1) is 0 Å². The third-order valence-electron chi connectivity index (χ3n) is 2.87. The van der Waals surface area contributed by atoms with Gasteiger partial charge in [-0.1, -0.05) is 11.6 Å². The average molecular weight is 272 g/mol. The second-order valence-electron chi connectivity index (χ2n) is 4.59. The van der Waals surface area contributed by atoms with Gasteiger partial charge in [0.15, 0.2) is 0 Å². The van der Waals surface area contributed by atoms with Crippen molar-refractivity contribution >= 4 is 17.5 Å². The lowest BCUT2D eigenvalue weighted by Crippen LogP contribution is -2.48. The summed E-state index contributed by atoms with van der Waals surface area (Å²) in [5.74, 6) is -0.623. The minimum absolute atomic E-state index is 0.00285. The van der Waals surface area contributed by atoms with Crippen molar-refractivity contribution in [3.05, 3.63) is 34.6 Å². The summed E-state index contributed by atoms with van der Waals surface area (Å²) < 4.78 is 18.5. The maximum atomic E-state index is 12.9. The molecule has 18 heavy (non-hydrogen) atoms. The first-order valence-corrected chi connectivity index (χ1v) is 6.25. The van der Waals surface area contributed by atoms with Gasteiger partial charge in [0.25, 0.3) is 5.91 Å². The molecule has 1 amide bonds. The summed E-state index contributed by atoms with van der Waals surface area (Å²) in [6.07, 6.45) is -0.00570. The van der Waals surface area contributed by atoms with Crippen LogP contribution >= 0.6 is 11.6 Å². The van der Waals surface area contributed by atoms with Crippen molar-refractivity contribution in [1.82, 2.24) is 4.90 Å². The van der Waals surface area contributed by atoms with Crippen LogP contribution in [0.3, 0.4) is 0 Å². The molecule has 1 aliphatic rings. The van der Waals surface area contributed by atoms with Gasteiger partial charge in [-0.05, 0) is 32.0 Å². The summed E-state index contributed by atoms with van der Waals surface area (Å²) >= 11 is 5.90. The van der Waals surface area contributed by atoms with E-state index >= 15 is 0 Å². The van der Waals surface area contributed by atoms with Crippen LogP contribution in [-0.2, 0) is 4.74 Å². The summed E-state index contributed by atoms with van der Waals surface area (Å²) in [7, 11) is 0. The van der Waals surface area contributed by atoms with Crippen LogP contribution in [0.15, 0.2) is 18.2 Å². The van der Waals surface area contributed by atoms with Crippen LogP contribution in [0.2, 0.25) is 5.02 Å². The number of hydrogen-bond donors (Lipinski definition) is 0. The van der Waals surface area contributed by atoms with Gasteiger partial charge >= 0.3 is 0 Å². The molecule has 1 aromatic carbocycles. The summed E-state index contributed by atoms with van der Waals surface area (Å²) in [4.78, 5) is 14.0. The predicted octanol–water partition coefficient (Wildman–Crippen LogP) is 2.73. The summed E-state index contributed by atoms with van der Waals surface area (Å²) in [5, 5.41) is 0.145. The standard InChI is InChI=1S/C13H15ClFNO2/c1-8-6-16(7-9(2)18-8)13(17)11-4-3-10(15)5-12(11)14/h3-5,8-9H,6-7H2,1-2H3/t8-,9+. The van der Waals surface area contributed by atoms with Crippen molar-refractivity contribution in [2.75, 3.05) is 13.1 Å². The van der Waals surface area contributed by atoms with E-state index in [-0.39, 0.29) is 23.1 Å². The number of halogens is 2. The number of rotatable bonds is 1. The molecule has 0 saturated carbocycles. The van der Waals surface area contributed by atoms with E-state index in [1.165, 1.54) is 12.1 Å². The summed E-state index contributed by atoms with van der Waals surface area (Å²) in [6, 6.07) is 3.82. The Labute approximate surface area is 110 Å². The van der Waals surface area contributed by atoms with Crippen molar-refractivity contribution in [3.63, 3.8) is 0 Å². The molecule has 1 aromatic rings. The topological polar surface area (TPSA) is 29.5 Å². The van der Waals surface area contributed by atoms with Crippen LogP contribution in [0.5, 0.6) is 0 Å². The van der Waals surface area contributed by atoms with E-state index in [1.54, 1.807) is 4.90 Å². The molecular formula is C13H15ClFNO2. The second kappa shape index (κ2) is 5.24. The Balaban J connectivity index is 2.20. The molecule has 2 rings (SSSR count). The van der Waals surface area contributed by atoms with Gasteiger partial charge in [0.05, 0.1) is 22.8 Å². The molecule has 0 aliphatic carbocycles. The maximum absolute atomic E-state index is 12.9. The number of carbonyl (C=O) groups excluding carboxylic acids is 1. The molecule has 1 fully saturated rings. The zero-order valence-corrected chi connectivity index (χ0v) is 11.1. The zero-order valence-electron chi connectivity index (χ0n) is 10.3. The first kappa shape index (κ1) is 13.3. The number of nitrogens with zero attached hydrogens (tertiary/aromatic N) is 1. The fraction of sp³-hybridized carbons (Fsp3) is 0.462. The molecule has 5 heteroatoms. The number of carbonyl (C=O) groups is 1. The number of morpholine rings is 1. The van der Waals surface area contributed by atoms with Gasteiger partial charge in [-0.3, -0.25) is 4.79 Å². The number of benzene rings is 1. The number of ether oxygens (including phenoxy) is 1. The molecule has 2 atom stereocenters. The first-order valence-electron chi connectivity index (χ1n) is 5.87. The first-order chi connectivity index (χ1) is 8.47. The predicted molar refractivity (Wildman–Crippen MR) is 67.3 cm³/mol. The summed E-state index contributed by atoms with van der Waals surface area (Å²) in [6.45, 7) is 4.89. The lowest BCUT2D eigenvalue weighted by molar-refractivity contribution is -0.0586. The van der Waals surface area contributed by atoms with Gasteiger partial charge in [0.2, 0.25) is 0 Å². The smallest absolute Gasteiger partial charge is 0.255 e. The normalized spacial score (nSPS) is 24.1. The van der Waals surface area contributed by atoms with E-state index < -0.39 is 5.82 Å². The molecular weight excluding hydrogens is 257 g/mol. The van der Waals surface area contributed by atoms with E-state index in [4.69, 9.17) is 16.3 Å². The van der Waals surface area contributed by atoms with E-state index in [9.17, 15) is 9.18 Å². The van der Waals surface area contributed by atoms with Crippen molar-refractivity contribution < 1.29 is 13.9 Å². The van der Waals surface area contributed by atoms with E-state index in [0.717, 1.165) is 6.07 Å². The Hall–Kier alpha value is -1.13. The van der Waals surface area contributed by atoms with E-state index in [1.807, 2.05) is 13.8 Å². The minimum Gasteiger partial charge on any atom is -0.372 e. The SMILES string of the molecule is C[C@@H]1CN(C(=O)c2ccc(F)cc2Cl)C[C@H](C)O1. The van der Waals surface area contributed by atoms with Gasteiger partial charge in [-0.25, -0.2) is 4.39 Å². The molecule has 1 heterocycles. The largest absolute Gasteiger partial charge is 0.372 e. The Morgan fingerprint density at radius 1 is 1.39 bits per heavy atom. The average Bonchev–Trinajstić information content (AvgIpc) is 2.26. The van der Waals surface area contributed by atoms with Gasteiger partial charge in [0, 0.05) is 13.1 Å². The Bertz CT molecular complexity index is 456.